The van der Waals surface area contributed by atoms with Gasteiger partial charge in [0.25, 0.3) is 0 Å². The molecular weight excluding hydrogens is 368 g/mol. The van der Waals surface area contributed by atoms with Crippen LogP contribution >= 0.6 is 11.8 Å². The summed E-state index contributed by atoms with van der Waals surface area (Å²) in [6.45, 7) is 0.855. The van der Waals surface area contributed by atoms with E-state index in [1.54, 1.807) is 16.7 Å². The molecular formula is C23H26N2O2S. The zero-order chi connectivity index (χ0) is 19.3. The summed E-state index contributed by atoms with van der Waals surface area (Å²) in [6, 6.07) is 18.5. The molecule has 0 aromatic heterocycles. The third kappa shape index (κ3) is 4.25. The fraction of sp³-hybridized carbons (Fsp3) is 0.391. The van der Waals surface area contributed by atoms with Crippen LogP contribution in [0.4, 0.5) is 5.69 Å². The van der Waals surface area contributed by atoms with Gasteiger partial charge in [-0.1, -0.05) is 55.3 Å². The van der Waals surface area contributed by atoms with E-state index in [0.29, 0.717) is 18.3 Å². The Hall–Kier alpha value is -2.27. The maximum atomic E-state index is 13.3. The summed E-state index contributed by atoms with van der Waals surface area (Å²) in [5.41, 5.74) is 2.11. The van der Waals surface area contributed by atoms with Gasteiger partial charge in [-0.2, -0.15) is 0 Å². The minimum absolute atomic E-state index is 0.0199. The Morgan fingerprint density at radius 3 is 2.54 bits per heavy atom. The molecule has 2 amide bonds. The summed E-state index contributed by atoms with van der Waals surface area (Å²) in [6.07, 6.45) is 5.36. The smallest absolute Gasteiger partial charge is 0.242 e. The number of carbonyl (C=O) groups is 2. The number of anilines is 1. The molecule has 5 heteroatoms. The molecule has 0 bridgehead atoms. The number of para-hydroxylation sites is 1. The molecule has 2 aliphatic rings. The first-order valence-electron chi connectivity index (χ1n) is 10.1. The summed E-state index contributed by atoms with van der Waals surface area (Å²) >= 11 is 1.55. The van der Waals surface area contributed by atoms with Crippen LogP contribution in [0.3, 0.4) is 0 Å². The zero-order valence-corrected chi connectivity index (χ0v) is 16.9. The number of rotatable bonds is 6. The second-order valence-electron chi connectivity index (χ2n) is 7.50. The van der Waals surface area contributed by atoms with Crippen molar-refractivity contribution in [1.29, 1.82) is 0 Å². The Labute approximate surface area is 170 Å². The van der Waals surface area contributed by atoms with E-state index in [9.17, 15) is 9.59 Å². The van der Waals surface area contributed by atoms with E-state index in [0.717, 1.165) is 29.8 Å². The third-order valence-electron chi connectivity index (χ3n) is 5.67. The van der Waals surface area contributed by atoms with Gasteiger partial charge in [0, 0.05) is 17.5 Å². The lowest BCUT2D eigenvalue weighted by Crippen LogP contribution is -2.48. The molecule has 146 valence electrons. The fourth-order valence-electron chi connectivity index (χ4n) is 4.17. The Bertz CT molecular complexity index is 834. The van der Waals surface area contributed by atoms with Gasteiger partial charge in [0.2, 0.25) is 11.8 Å². The van der Waals surface area contributed by atoms with E-state index in [1.165, 1.54) is 18.4 Å². The van der Waals surface area contributed by atoms with Crippen molar-refractivity contribution in [2.45, 2.75) is 43.0 Å². The monoisotopic (exact) mass is 394 g/mol. The largest absolute Gasteiger partial charge is 0.338 e. The number of thioether (sulfide) groups is 1. The Morgan fingerprint density at radius 2 is 1.75 bits per heavy atom. The molecule has 2 aromatic carbocycles. The highest BCUT2D eigenvalue weighted by molar-refractivity contribution is 8.00. The van der Waals surface area contributed by atoms with Gasteiger partial charge in [-0.3, -0.25) is 9.59 Å². The molecule has 0 atom stereocenters. The predicted molar refractivity (Wildman–Crippen MR) is 114 cm³/mol. The van der Waals surface area contributed by atoms with Crippen LogP contribution in [-0.4, -0.2) is 41.6 Å². The van der Waals surface area contributed by atoms with Gasteiger partial charge >= 0.3 is 0 Å². The SMILES string of the molecule is O=C1CSc2ccccc2N1CC(=O)N(CCc1ccccc1)C1CCCC1. The molecule has 0 radical (unpaired) electrons. The normalized spacial score (nSPS) is 16.9. The maximum Gasteiger partial charge on any atom is 0.242 e. The summed E-state index contributed by atoms with van der Waals surface area (Å²) in [7, 11) is 0. The quantitative estimate of drug-likeness (QED) is 0.739. The summed E-state index contributed by atoms with van der Waals surface area (Å²) < 4.78 is 0. The van der Waals surface area contributed by atoms with Crippen molar-refractivity contribution < 1.29 is 9.59 Å². The fourth-order valence-corrected chi connectivity index (χ4v) is 5.11. The van der Waals surface area contributed by atoms with Gasteiger partial charge in [0.1, 0.15) is 6.54 Å². The summed E-state index contributed by atoms with van der Waals surface area (Å²) in [5, 5.41) is 0. The van der Waals surface area contributed by atoms with Crippen LogP contribution in [0.25, 0.3) is 0 Å². The van der Waals surface area contributed by atoms with Crippen LogP contribution in [0.2, 0.25) is 0 Å². The van der Waals surface area contributed by atoms with Crippen molar-refractivity contribution in [2.75, 3.05) is 23.7 Å². The Kier molecular flexibility index (Phi) is 6.01. The summed E-state index contributed by atoms with van der Waals surface area (Å²) in [4.78, 5) is 30.6. The predicted octanol–water partition coefficient (Wildman–Crippen LogP) is 4.14. The molecule has 4 rings (SSSR count). The van der Waals surface area contributed by atoms with Gasteiger partial charge in [0.15, 0.2) is 0 Å². The lowest BCUT2D eigenvalue weighted by molar-refractivity contribution is -0.133. The summed E-state index contributed by atoms with van der Waals surface area (Å²) in [5.74, 6) is 0.488. The van der Waals surface area contributed by atoms with Crippen molar-refractivity contribution >= 4 is 29.3 Å². The lowest BCUT2D eigenvalue weighted by Gasteiger charge is -2.34. The first-order chi connectivity index (χ1) is 13.7. The second-order valence-corrected chi connectivity index (χ2v) is 8.51. The topological polar surface area (TPSA) is 40.6 Å². The molecule has 1 aliphatic heterocycles. The molecule has 0 saturated heterocycles. The van der Waals surface area contributed by atoms with E-state index >= 15 is 0 Å². The van der Waals surface area contributed by atoms with Gasteiger partial charge in [-0.05, 0) is 37.0 Å². The van der Waals surface area contributed by atoms with Crippen LogP contribution in [0.15, 0.2) is 59.5 Å². The van der Waals surface area contributed by atoms with Crippen LogP contribution < -0.4 is 4.90 Å². The van der Waals surface area contributed by atoms with E-state index in [-0.39, 0.29) is 18.4 Å². The number of hydrogen-bond acceptors (Lipinski definition) is 3. The Morgan fingerprint density at radius 1 is 1.04 bits per heavy atom. The number of hydrogen-bond donors (Lipinski definition) is 0. The van der Waals surface area contributed by atoms with Gasteiger partial charge in [-0.25, -0.2) is 0 Å². The average Bonchev–Trinajstić information content (AvgIpc) is 3.25. The zero-order valence-electron chi connectivity index (χ0n) is 16.0. The molecule has 1 heterocycles. The second kappa shape index (κ2) is 8.82. The molecule has 2 aromatic rings. The first kappa shape index (κ1) is 19.1. The minimum Gasteiger partial charge on any atom is -0.338 e. The number of fused-ring (bicyclic) bond motifs is 1. The molecule has 1 fully saturated rings. The molecule has 0 N–H and O–H groups in total. The highest BCUT2D eigenvalue weighted by atomic mass is 32.2. The van der Waals surface area contributed by atoms with E-state index in [4.69, 9.17) is 0 Å². The van der Waals surface area contributed by atoms with E-state index < -0.39 is 0 Å². The van der Waals surface area contributed by atoms with Crippen LogP contribution in [0.5, 0.6) is 0 Å². The minimum atomic E-state index is 0.0199. The van der Waals surface area contributed by atoms with Gasteiger partial charge in [-0.15, -0.1) is 11.8 Å². The van der Waals surface area contributed by atoms with Crippen molar-refractivity contribution in [3.63, 3.8) is 0 Å². The Balaban J connectivity index is 1.50. The lowest BCUT2D eigenvalue weighted by atomic mass is 10.1. The number of amides is 2. The first-order valence-corrected chi connectivity index (χ1v) is 11.1. The van der Waals surface area contributed by atoms with Crippen LogP contribution in [0, 0.1) is 0 Å². The highest BCUT2D eigenvalue weighted by Crippen LogP contribution is 2.35. The van der Waals surface area contributed by atoms with Crippen molar-refractivity contribution in [1.82, 2.24) is 4.90 Å². The maximum absolute atomic E-state index is 13.3. The molecule has 0 unspecified atom stereocenters. The van der Waals surface area contributed by atoms with Crippen molar-refractivity contribution in [3.05, 3.63) is 60.2 Å². The third-order valence-corrected chi connectivity index (χ3v) is 6.72. The highest BCUT2D eigenvalue weighted by Gasteiger charge is 2.31. The van der Waals surface area contributed by atoms with Gasteiger partial charge in [0.05, 0.1) is 11.4 Å². The number of benzene rings is 2. The van der Waals surface area contributed by atoms with Crippen molar-refractivity contribution in [3.8, 4) is 0 Å². The van der Waals surface area contributed by atoms with Crippen molar-refractivity contribution in [2.24, 2.45) is 0 Å². The number of nitrogens with zero attached hydrogens (tertiary/aromatic N) is 2. The molecule has 1 saturated carbocycles. The molecule has 28 heavy (non-hydrogen) atoms. The van der Waals surface area contributed by atoms with Crippen LogP contribution in [0.1, 0.15) is 31.2 Å². The average molecular weight is 395 g/mol. The van der Waals surface area contributed by atoms with Gasteiger partial charge < -0.3 is 9.80 Å². The van der Waals surface area contributed by atoms with E-state index in [2.05, 4.69) is 12.1 Å². The standard InChI is InChI=1S/C23H26N2O2S/c26-22(16-25-20-12-6-7-13-21(20)28-17-23(25)27)24(19-10-4-5-11-19)15-14-18-8-2-1-3-9-18/h1-3,6-9,12-13,19H,4-5,10-11,14-17H2. The van der Waals surface area contributed by atoms with Crippen LogP contribution in [-0.2, 0) is 16.0 Å². The molecule has 4 nitrogen and oxygen atoms in total. The molecule has 0 spiro atoms. The number of carbonyl (C=O) groups excluding carboxylic acids is 2. The molecule has 1 aliphatic carbocycles. The van der Waals surface area contributed by atoms with E-state index in [1.807, 2.05) is 47.4 Å².